The standard InChI is InChI=1S/C13H20N4/c1-3-4-7-10-14-11(2)17-13-9-6-5-8-12(13)15-16-17/h5-6,8-9,11,14H,3-4,7,10H2,1-2H3. The lowest BCUT2D eigenvalue weighted by Gasteiger charge is -2.14. The Bertz CT molecular complexity index is 463. The molecule has 1 N–H and O–H groups in total. The quantitative estimate of drug-likeness (QED) is 0.779. The number of rotatable bonds is 6. The van der Waals surface area contributed by atoms with Gasteiger partial charge in [0.1, 0.15) is 11.7 Å². The van der Waals surface area contributed by atoms with E-state index >= 15 is 0 Å². The van der Waals surface area contributed by atoms with Crippen molar-refractivity contribution in [2.45, 2.75) is 39.3 Å². The smallest absolute Gasteiger partial charge is 0.113 e. The number of benzene rings is 1. The van der Waals surface area contributed by atoms with E-state index in [9.17, 15) is 0 Å². The monoisotopic (exact) mass is 232 g/mol. The molecule has 17 heavy (non-hydrogen) atoms. The van der Waals surface area contributed by atoms with E-state index in [1.165, 1.54) is 19.3 Å². The van der Waals surface area contributed by atoms with Crippen LogP contribution in [0.2, 0.25) is 0 Å². The molecule has 0 bridgehead atoms. The normalized spacial score (nSPS) is 13.1. The summed E-state index contributed by atoms with van der Waals surface area (Å²) in [4.78, 5) is 0. The molecule has 0 fully saturated rings. The molecule has 2 aromatic rings. The fraction of sp³-hybridized carbons (Fsp3) is 0.538. The van der Waals surface area contributed by atoms with Gasteiger partial charge in [-0.1, -0.05) is 37.1 Å². The largest absolute Gasteiger partial charge is 0.296 e. The number of nitrogens with one attached hydrogen (secondary N) is 1. The minimum Gasteiger partial charge on any atom is -0.296 e. The molecule has 1 atom stereocenters. The number of para-hydroxylation sites is 1. The molecular formula is C13H20N4. The van der Waals surface area contributed by atoms with Crippen molar-refractivity contribution in [3.05, 3.63) is 24.3 Å². The molecule has 0 saturated carbocycles. The van der Waals surface area contributed by atoms with Crippen molar-refractivity contribution >= 4 is 11.0 Å². The first-order chi connectivity index (χ1) is 8.33. The van der Waals surface area contributed by atoms with Crippen LogP contribution in [0.5, 0.6) is 0 Å². The van der Waals surface area contributed by atoms with Gasteiger partial charge in [-0.2, -0.15) is 0 Å². The van der Waals surface area contributed by atoms with Crippen LogP contribution in [0.4, 0.5) is 0 Å². The van der Waals surface area contributed by atoms with Crippen molar-refractivity contribution in [2.24, 2.45) is 0 Å². The van der Waals surface area contributed by atoms with Crippen LogP contribution in [0, 0.1) is 0 Å². The van der Waals surface area contributed by atoms with E-state index in [4.69, 9.17) is 0 Å². The Morgan fingerprint density at radius 2 is 2.12 bits per heavy atom. The average Bonchev–Trinajstić information content (AvgIpc) is 2.78. The highest BCUT2D eigenvalue weighted by atomic mass is 15.5. The third kappa shape index (κ3) is 2.82. The van der Waals surface area contributed by atoms with Crippen LogP contribution in [0.3, 0.4) is 0 Å². The predicted molar refractivity (Wildman–Crippen MR) is 69.8 cm³/mol. The second-order valence-corrected chi connectivity index (χ2v) is 4.36. The SMILES string of the molecule is CCCCCNC(C)n1nnc2ccccc21. The molecule has 0 aliphatic heterocycles. The Balaban J connectivity index is 2.01. The minimum absolute atomic E-state index is 0.194. The van der Waals surface area contributed by atoms with Crippen molar-refractivity contribution in [3.63, 3.8) is 0 Å². The van der Waals surface area contributed by atoms with Gasteiger partial charge in [0, 0.05) is 0 Å². The van der Waals surface area contributed by atoms with Gasteiger partial charge in [-0.15, -0.1) is 5.10 Å². The molecule has 0 aliphatic carbocycles. The zero-order valence-corrected chi connectivity index (χ0v) is 10.6. The molecule has 4 heteroatoms. The second kappa shape index (κ2) is 5.77. The molecule has 0 saturated heterocycles. The highest BCUT2D eigenvalue weighted by Crippen LogP contribution is 2.13. The van der Waals surface area contributed by atoms with Gasteiger partial charge in [-0.25, -0.2) is 4.68 Å². The lowest BCUT2D eigenvalue weighted by atomic mass is 10.2. The van der Waals surface area contributed by atoms with Gasteiger partial charge < -0.3 is 0 Å². The third-order valence-electron chi connectivity index (χ3n) is 2.96. The molecule has 1 unspecified atom stereocenters. The fourth-order valence-corrected chi connectivity index (χ4v) is 1.95. The van der Waals surface area contributed by atoms with E-state index < -0.39 is 0 Å². The number of hydrogen-bond donors (Lipinski definition) is 1. The Kier molecular flexibility index (Phi) is 4.09. The summed E-state index contributed by atoms with van der Waals surface area (Å²) in [6, 6.07) is 8.05. The van der Waals surface area contributed by atoms with Crippen molar-refractivity contribution in [3.8, 4) is 0 Å². The summed E-state index contributed by atoms with van der Waals surface area (Å²) in [7, 11) is 0. The third-order valence-corrected chi connectivity index (χ3v) is 2.96. The van der Waals surface area contributed by atoms with E-state index in [1.54, 1.807) is 0 Å². The Hall–Kier alpha value is -1.42. The molecule has 1 aromatic heterocycles. The van der Waals surface area contributed by atoms with Gasteiger partial charge >= 0.3 is 0 Å². The first-order valence-corrected chi connectivity index (χ1v) is 6.36. The fourth-order valence-electron chi connectivity index (χ4n) is 1.95. The summed E-state index contributed by atoms with van der Waals surface area (Å²) in [5.41, 5.74) is 2.04. The van der Waals surface area contributed by atoms with Gasteiger partial charge in [0.25, 0.3) is 0 Å². The van der Waals surface area contributed by atoms with Crippen molar-refractivity contribution in [1.29, 1.82) is 0 Å². The van der Waals surface area contributed by atoms with E-state index in [2.05, 4.69) is 35.5 Å². The predicted octanol–water partition coefficient (Wildman–Crippen LogP) is 2.73. The maximum Gasteiger partial charge on any atom is 0.113 e. The molecule has 1 aromatic carbocycles. The van der Waals surface area contributed by atoms with Crippen molar-refractivity contribution in [2.75, 3.05) is 6.54 Å². The number of fused-ring (bicyclic) bond motifs is 1. The number of nitrogens with zero attached hydrogens (tertiary/aromatic N) is 3. The van der Waals surface area contributed by atoms with E-state index in [-0.39, 0.29) is 6.17 Å². The van der Waals surface area contributed by atoms with Crippen LogP contribution in [0.1, 0.15) is 39.3 Å². The highest BCUT2D eigenvalue weighted by molar-refractivity contribution is 5.73. The maximum atomic E-state index is 4.20. The molecule has 92 valence electrons. The Labute approximate surface area is 102 Å². The second-order valence-electron chi connectivity index (χ2n) is 4.36. The van der Waals surface area contributed by atoms with Crippen LogP contribution in [0.25, 0.3) is 11.0 Å². The number of unbranched alkanes of at least 4 members (excludes halogenated alkanes) is 2. The number of hydrogen-bond acceptors (Lipinski definition) is 3. The van der Waals surface area contributed by atoms with Gasteiger partial charge in [0.05, 0.1) is 5.52 Å². The van der Waals surface area contributed by atoms with Crippen LogP contribution in [-0.2, 0) is 0 Å². The molecule has 0 spiro atoms. The van der Waals surface area contributed by atoms with Gasteiger partial charge in [0.2, 0.25) is 0 Å². The molecule has 0 amide bonds. The first-order valence-electron chi connectivity index (χ1n) is 6.36. The Morgan fingerprint density at radius 3 is 2.94 bits per heavy atom. The summed E-state index contributed by atoms with van der Waals surface area (Å²) in [5.74, 6) is 0. The van der Waals surface area contributed by atoms with Crippen LogP contribution < -0.4 is 5.32 Å². The lowest BCUT2D eigenvalue weighted by Crippen LogP contribution is -2.25. The molecule has 0 radical (unpaired) electrons. The van der Waals surface area contributed by atoms with E-state index in [0.29, 0.717) is 0 Å². The van der Waals surface area contributed by atoms with Gasteiger partial charge in [-0.05, 0) is 32.0 Å². The summed E-state index contributed by atoms with van der Waals surface area (Å²) < 4.78 is 1.95. The summed E-state index contributed by atoms with van der Waals surface area (Å²) in [6.45, 7) is 5.37. The zero-order chi connectivity index (χ0) is 12.1. The first kappa shape index (κ1) is 12.0. The summed E-state index contributed by atoms with van der Waals surface area (Å²) >= 11 is 0. The van der Waals surface area contributed by atoms with Crippen molar-refractivity contribution in [1.82, 2.24) is 20.3 Å². The van der Waals surface area contributed by atoms with Gasteiger partial charge in [0.15, 0.2) is 0 Å². The van der Waals surface area contributed by atoms with E-state index in [1.807, 2.05) is 22.9 Å². The zero-order valence-electron chi connectivity index (χ0n) is 10.6. The number of aromatic nitrogens is 3. The summed E-state index contributed by atoms with van der Waals surface area (Å²) in [6.07, 6.45) is 3.94. The van der Waals surface area contributed by atoms with Crippen LogP contribution >= 0.6 is 0 Å². The lowest BCUT2D eigenvalue weighted by molar-refractivity contribution is 0.397. The molecular weight excluding hydrogens is 212 g/mol. The van der Waals surface area contributed by atoms with Crippen LogP contribution in [-0.4, -0.2) is 21.5 Å². The topological polar surface area (TPSA) is 42.7 Å². The van der Waals surface area contributed by atoms with Gasteiger partial charge in [-0.3, -0.25) is 5.32 Å². The highest BCUT2D eigenvalue weighted by Gasteiger charge is 2.09. The molecule has 1 heterocycles. The molecule has 2 rings (SSSR count). The average molecular weight is 232 g/mol. The van der Waals surface area contributed by atoms with Crippen LogP contribution in [0.15, 0.2) is 24.3 Å². The summed E-state index contributed by atoms with van der Waals surface area (Å²) in [5, 5.41) is 11.8. The molecule has 4 nitrogen and oxygen atoms in total. The van der Waals surface area contributed by atoms with E-state index in [0.717, 1.165) is 17.6 Å². The van der Waals surface area contributed by atoms with Crippen molar-refractivity contribution < 1.29 is 0 Å². The minimum atomic E-state index is 0.194. The maximum absolute atomic E-state index is 4.20. The Morgan fingerprint density at radius 1 is 1.29 bits per heavy atom. The molecule has 0 aliphatic rings.